The summed E-state index contributed by atoms with van der Waals surface area (Å²) in [6.07, 6.45) is 0. The van der Waals surface area contributed by atoms with E-state index in [4.69, 9.17) is 5.73 Å². The number of rotatable bonds is 4. The van der Waals surface area contributed by atoms with Crippen molar-refractivity contribution in [3.8, 4) is 17.0 Å². The van der Waals surface area contributed by atoms with Crippen molar-refractivity contribution in [1.29, 1.82) is 0 Å². The van der Waals surface area contributed by atoms with Crippen molar-refractivity contribution >= 4 is 22.4 Å². The van der Waals surface area contributed by atoms with Gasteiger partial charge >= 0.3 is 0 Å². The van der Waals surface area contributed by atoms with Crippen molar-refractivity contribution in [1.82, 2.24) is 4.98 Å². The molecule has 0 radical (unpaired) electrons. The number of primary amides is 1. The van der Waals surface area contributed by atoms with Crippen LogP contribution in [0.3, 0.4) is 0 Å². The molecule has 1 amide bonds. The van der Waals surface area contributed by atoms with E-state index in [1.54, 1.807) is 12.1 Å². The number of nitrogens with zero attached hydrogens (tertiary/aromatic N) is 1. The van der Waals surface area contributed by atoms with E-state index >= 15 is 0 Å². The maximum absolute atomic E-state index is 11.2. The molecule has 6 heteroatoms. The summed E-state index contributed by atoms with van der Waals surface area (Å²) in [6.45, 7) is 4.07. The van der Waals surface area contributed by atoms with Crippen molar-refractivity contribution in [3.05, 3.63) is 29.1 Å². The number of anilines is 1. The first-order chi connectivity index (χ1) is 8.97. The van der Waals surface area contributed by atoms with E-state index < -0.39 is 5.91 Å². The summed E-state index contributed by atoms with van der Waals surface area (Å²) in [4.78, 5) is 15.6. The van der Waals surface area contributed by atoms with Gasteiger partial charge in [0.25, 0.3) is 5.91 Å². The minimum atomic E-state index is -0.657. The number of benzene rings is 1. The molecule has 1 aromatic heterocycles. The van der Waals surface area contributed by atoms with Crippen LogP contribution in [0.5, 0.6) is 5.75 Å². The molecule has 0 saturated heterocycles. The molecule has 0 spiro atoms. The molecule has 19 heavy (non-hydrogen) atoms. The van der Waals surface area contributed by atoms with Gasteiger partial charge in [-0.2, -0.15) is 0 Å². The summed E-state index contributed by atoms with van der Waals surface area (Å²) in [6, 6.07) is 5.01. The third-order valence-electron chi connectivity index (χ3n) is 2.47. The van der Waals surface area contributed by atoms with Crippen molar-refractivity contribution in [2.24, 2.45) is 5.73 Å². The second kappa shape index (κ2) is 5.27. The molecule has 0 aliphatic heterocycles. The number of nitrogens with one attached hydrogen (secondary N) is 1. The van der Waals surface area contributed by atoms with Gasteiger partial charge in [0.15, 0.2) is 5.13 Å². The molecule has 4 N–H and O–H groups in total. The van der Waals surface area contributed by atoms with Gasteiger partial charge in [-0.05, 0) is 32.0 Å². The molecule has 0 atom stereocenters. The summed E-state index contributed by atoms with van der Waals surface area (Å²) in [5.74, 6) is -0.776. The topological polar surface area (TPSA) is 88.2 Å². The van der Waals surface area contributed by atoms with Crippen molar-refractivity contribution in [2.45, 2.75) is 19.9 Å². The highest BCUT2D eigenvalue weighted by Gasteiger charge is 2.11. The quantitative estimate of drug-likeness (QED) is 0.801. The molecule has 1 heterocycles. The zero-order valence-corrected chi connectivity index (χ0v) is 11.5. The molecule has 0 bridgehead atoms. The molecule has 5 nitrogen and oxygen atoms in total. The highest BCUT2D eigenvalue weighted by atomic mass is 32.1. The van der Waals surface area contributed by atoms with Gasteiger partial charge in [-0.15, -0.1) is 11.3 Å². The van der Waals surface area contributed by atoms with E-state index in [1.165, 1.54) is 17.4 Å². The highest BCUT2D eigenvalue weighted by Crippen LogP contribution is 2.28. The van der Waals surface area contributed by atoms with Gasteiger partial charge in [0.05, 0.1) is 11.3 Å². The molecule has 100 valence electrons. The van der Waals surface area contributed by atoms with Crippen LogP contribution in [-0.2, 0) is 0 Å². The Morgan fingerprint density at radius 1 is 1.47 bits per heavy atom. The van der Waals surface area contributed by atoms with Crippen molar-refractivity contribution in [2.75, 3.05) is 5.32 Å². The molecular weight excluding hydrogens is 262 g/mol. The zero-order chi connectivity index (χ0) is 14.0. The Morgan fingerprint density at radius 2 is 2.21 bits per heavy atom. The number of carbonyl (C=O) groups is 1. The van der Waals surface area contributed by atoms with Gasteiger partial charge in [-0.1, -0.05) is 0 Å². The summed E-state index contributed by atoms with van der Waals surface area (Å²) in [5.41, 5.74) is 6.80. The average molecular weight is 277 g/mol. The minimum absolute atomic E-state index is 0.101. The van der Waals surface area contributed by atoms with E-state index in [0.29, 0.717) is 6.04 Å². The summed E-state index contributed by atoms with van der Waals surface area (Å²) >= 11 is 1.49. The molecule has 2 aromatic rings. The first-order valence-corrected chi connectivity index (χ1v) is 6.70. The molecule has 0 aliphatic rings. The van der Waals surface area contributed by atoms with Crippen LogP contribution in [0.4, 0.5) is 5.13 Å². The number of hydrogen-bond donors (Lipinski definition) is 3. The fourth-order valence-electron chi connectivity index (χ4n) is 1.61. The van der Waals surface area contributed by atoms with Gasteiger partial charge in [0.2, 0.25) is 0 Å². The predicted molar refractivity (Wildman–Crippen MR) is 76.5 cm³/mol. The molecular formula is C13H15N3O2S. The Bertz CT molecular complexity index is 608. The van der Waals surface area contributed by atoms with E-state index in [0.717, 1.165) is 16.4 Å². The first kappa shape index (κ1) is 13.4. The molecule has 0 fully saturated rings. The Morgan fingerprint density at radius 3 is 2.84 bits per heavy atom. The monoisotopic (exact) mass is 277 g/mol. The standard InChI is InChI=1S/C13H15N3O2S/c1-7(2)15-13-16-10(6-19-13)8-3-4-11(17)9(5-8)12(14)18/h3-7,17H,1-2H3,(H2,14,18)(H,15,16). The molecule has 0 aliphatic carbocycles. The van der Waals surface area contributed by atoms with Gasteiger partial charge in [0.1, 0.15) is 5.75 Å². The Kier molecular flexibility index (Phi) is 3.71. The maximum atomic E-state index is 11.2. The van der Waals surface area contributed by atoms with Gasteiger partial charge in [-0.3, -0.25) is 4.79 Å². The number of hydrogen-bond acceptors (Lipinski definition) is 5. The Hall–Kier alpha value is -2.08. The van der Waals surface area contributed by atoms with Crippen LogP contribution in [0.15, 0.2) is 23.6 Å². The number of phenols is 1. The highest BCUT2D eigenvalue weighted by molar-refractivity contribution is 7.14. The predicted octanol–water partition coefficient (Wildman–Crippen LogP) is 2.43. The van der Waals surface area contributed by atoms with E-state index in [2.05, 4.69) is 10.3 Å². The SMILES string of the molecule is CC(C)Nc1nc(-c2ccc(O)c(C(N)=O)c2)cs1. The van der Waals surface area contributed by atoms with Crippen LogP contribution >= 0.6 is 11.3 Å². The van der Waals surface area contributed by atoms with Crippen molar-refractivity contribution in [3.63, 3.8) is 0 Å². The van der Waals surface area contributed by atoms with Gasteiger partial charge < -0.3 is 16.2 Å². The van der Waals surface area contributed by atoms with E-state index in [-0.39, 0.29) is 11.3 Å². The lowest BCUT2D eigenvalue weighted by Gasteiger charge is -2.05. The van der Waals surface area contributed by atoms with E-state index in [1.807, 2.05) is 19.2 Å². The summed E-state index contributed by atoms with van der Waals surface area (Å²) in [5, 5.41) is 15.5. The fraction of sp³-hybridized carbons (Fsp3) is 0.231. The zero-order valence-electron chi connectivity index (χ0n) is 10.7. The number of aromatic hydroxyl groups is 1. The normalized spacial score (nSPS) is 10.7. The number of aromatic nitrogens is 1. The Labute approximate surface area is 115 Å². The number of nitrogens with two attached hydrogens (primary N) is 1. The lowest BCUT2D eigenvalue weighted by molar-refractivity contribution is 0.0998. The van der Waals surface area contributed by atoms with Crippen LogP contribution in [0, 0.1) is 0 Å². The van der Waals surface area contributed by atoms with Crippen molar-refractivity contribution < 1.29 is 9.90 Å². The van der Waals surface area contributed by atoms with Gasteiger partial charge in [0, 0.05) is 17.0 Å². The van der Waals surface area contributed by atoms with Crippen LogP contribution in [0.25, 0.3) is 11.3 Å². The second-order valence-electron chi connectivity index (χ2n) is 4.43. The van der Waals surface area contributed by atoms with E-state index in [9.17, 15) is 9.90 Å². The lowest BCUT2D eigenvalue weighted by atomic mass is 10.1. The van der Waals surface area contributed by atoms with Crippen LogP contribution in [0.1, 0.15) is 24.2 Å². The maximum Gasteiger partial charge on any atom is 0.252 e. The largest absolute Gasteiger partial charge is 0.507 e. The molecule has 0 saturated carbocycles. The summed E-state index contributed by atoms with van der Waals surface area (Å²) < 4.78 is 0. The lowest BCUT2D eigenvalue weighted by Crippen LogP contribution is -2.11. The number of amides is 1. The first-order valence-electron chi connectivity index (χ1n) is 5.82. The average Bonchev–Trinajstić information content (AvgIpc) is 2.76. The molecule has 2 rings (SSSR count). The third kappa shape index (κ3) is 3.03. The fourth-order valence-corrected chi connectivity index (χ4v) is 2.48. The summed E-state index contributed by atoms with van der Waals surface area (Å²) in [7, 11) is 0. The molecule has 0 unspecified atom stereocenters. The van der Waals surface area contributed by atoms with Crippen LogP contribution in [0.2, 0.25) is 0 Å². The van der Waals surface area contributed by atoms with Gasteiger partial charge in [-0.25, -0.2) is 4.98 Å². The minimum Gasteiger partial charge on any atom is -0.507 e. The smallest absolute Gasteiger partial charge is 0.252 e. The second-order valence-corrected chi connectivity index (χ2v) is 5.29. The number of carbonyl (C=O) groups excluding carboxylic acids is 1. The molecule has 1 aromatic carbocycles. The number of thiazole rings is 1. The van der Waals surface area contributed by atoms with Crippen LogP contribution in [-0.4, -0.2) is 22.0 Å². The third-order valence-corrected chi connectivity index (χ3v) is 3.25. The van der Waals surface area contributed by atoms with Crippen LogP contribution < -0.4 is 11.1 Å². The Balaban J connectivity index is 2.34.